The average Bonchev–Trinajstić information content (AvgIpc) is 2.59. The minimum atomic E-state index is -0.806. The molecule has 0 radical (unpaired) electrons. The molecule has 0 bridgehead atoms. The van der Waals surface area contributed by atoms with Gasteiger partial charge in [0.15, 0.2) is 0 Å². The van der Waals surface area contributed by atoms with E-state index in [1.165, 1.54) is 0 Å². The Balaban J connectivity index is 1.67. The summed E-state index contributed by atoms with van der Waals surface area (Å²) in [6, 6.07) is 9.86. The number of carbonyl (C=O) groups is 2. The lowest BCUT2D eigenvalue weighted by Crippen LogP contribution is -2.45. The van der Waals surface area contributed by atoms with E-state index in [0.717, 1.165) is 16.5 Å². The summed E-state index contributed by atoms with van der Waals surface area (Å²) in [5.41, 5.74) is 2.04. The van der Waals surface area contributed by atoms with E-state index in [0.29, 0.717) is 32.4 Å². The number of carbonyl (C=O) groups excluding carboxylic acids is 1. The first-order valence-corrected chi connectivity index (χ1v) is 8.38. The first-order chi connectivity index (χ1) is 11.5. The fraction of sp³-hybridized carbons (Fsp3) is 0.421. The van der Waals surface area contributed by atoms with Crippen molar-refractivity contribution in [2.75, 3.05) is 13.1 Å². The zero-order valence-electron chi connectivity index (χ0n) is 13.8. The van der Waals surface area contributed by atoms with Gasteiger partial charge in [-0.25, -0.2) is 0 Å². The molecule has 0 saturated carbocycles. The number of likely N-dealkylation sites (tertiary alicyclic amines) is 1. The van der Waals surface area contributed by atoms with Gasteiger partial charge in [0.05, 0.1) is 11.4 Å². The summed E-state index contributed by atoms with van der Waals surface area (Å²) in [6.45, 7) is 2.99. The average molecular weight is 326 g/mol. The molecule has 126 valence electrons. The van der Waals surface area contributed by atoms with Crippen LogP contribution in [0.2, 0.25) is 0 Å². The number of benzene rings is 1. The van der Waals surface area contributed by atoms with Gasteiger partial charge in [-0.3, -0.25) is 14.6 Å². The lowest BCUT2D eigenvalue weighted by molar-refractivity contribution is -0.146. The van der Waals surface area contributed by atoms with Crippen molar-refractivity contribution in [1.82, 2.24) is 9.88 Å². The lowest BCUT2D eigenvalue weighted by Gasteiger charge is -2.34. The summed E-state index contributed by atoms with van der Waals surface area (Å²) in [7, 11) is 0. The summed E-state index contributed by atoms with van der Waals surface area (Å²) < 4.78 is 0. The zero-order chi connectivity index (χ0) is 17.1. The molecule has 1 N–H and O–H groups in total. The molecule has 1 aromatic heterocycles. The number of piperidine rings is 1. The molecule has 5 nitrogen and oxygen atoms in total. The quantitative estimate of drug-likeness (QED) is 0.938. The van der Waals surface area contributed by atoms with Gasteiger partial charge in [0.2, 0.25) is 5.91 Å². The molecule has 2 unspecified atom stereocenters. The second kappa shape index (κ2) is 6.99. The molecule has 24 heavy (non-hydrogen) atoms. The Morgan fingerprint density at radius 1 is 1.25 bits per heavy atom. The third-order valence-corrected chi connectivity index (χ3v) is 4.71. The molecule has 0 aliphatic carbocycles. The van der Waals surface area contributed by atoms with E-state index in [1.807, 2.05) is 37.3 Å². The number of amides is 1. The first-order valence-electron chi connectivity index (χ1n) is 8.38. The van der Waals surface area contributed by atoms with Gasteiger partial charge in [0, 0.05) is 31.1 Å². The van der Waals surface area contributed by atoms with Crippen molar-refractivity contribution in [1.29, 1.82) is 0 Å². The van der Waals surface area contributed by atoms with Crippen molar-refractivity contribution >= 4 is 22.8 Å². The highest BCUT2D eigenvalue weighted by Gasteiger charge is 2.31. The fourth-order valence-electron chi connectivity index (χ4n) is 3.51. The minimum Gasteiger partial charge on any atom is -0.481 e. The van der Waals surface area contributed by atoms with Crippen LogP contribution < -0.4 is 0 Å². The number of aliphatic carboxylic acids is 1. The summed E-state index contributed by atoms with van der Waals surface area (Å²) in [5, 5.41) is 10.3. The van der Waals surface area contributed by atoms with Crippen LogP contribution in [0.1, 0.15) is 25.3 Å². The third-order valence-electron chi connectivity index (χ3n) is 4.71. The van der Waals surface area contributed by atoms with Crippen LogP contribution in [-0.2, 0) is 16.0 Å². The van der Waals surface area contributed by atoms with Crippen molar-refractivity contribution < 1.29 is 14.7 Å². The van der Waals surface area contributed by atoms with Crippen LogP contribution in [-0.4, -0.2) is 40.0 Å². The van der Waals surface area contributed by atoms with Gasteiger partial charge in [0.1, 0.15) is 0 Å². The van der Waals surface area contributed by atoms with Gasteiger partial charge < -0.3 is 10.0 Å². The smallest absolute Gasteiger partial charge is 0.308 e. The molecule has 3 rings (SSSR count). The molecule has 2 heterocycles. The standard InChI is InChI=1S/C19H22N2O3/c1-13-10-15(19(23)24)12-21(11-13)18(22)7-6-14-8-9-20-17-5-3-2-4-16(14)17/h2-5,8-9,13,15H,6-7,10-12H2,1H3,(H,23,24). The molecule has 2 aromatic rings. The largest absolute Gasteiger partial charge is 0.481 e. The summed E-state index contributed by atoms with van der Waals surface area (Å²) in [6.07, 6.45) is 3.46. The topological polar surface area (TPSA) is 70.5 Å². The van der Waals surface area contributed by atoms with Crippen LogP contribution in [0.3, 0.4) is 0 Å². The molecule has 5 heteroatoms. The number of hydrogen-bond acceptors (Lipinski definition) is 3. The Kier molecular flexibility index (Phi) is 4.79. The summed E-state index contributed by atoms with van der Waals surface area (Å²) >= 11 is 0. The number of carboxylic acid groups (broad SMARTS) is 1. The number of carboxylic acids is 1. The minimum absolute atomic E-state index is 0.0358. The maximum absolute atomic E-state index is 12.5. The third kappa shape index (κ3) is 3.55. The number of aromatic nitrogens is 1. The van der Waals surface area contributed by atoms with Crippen LogP contribution in [0.25, 0.3) is 10.9 Å². The molecule has 1 saturated heterocycles. The molecule has 1 aliphatic rings. The van der Waals surface area contributed by atoms with Crippen LogP contribution in [0.5, 0.6) is 0 Å². The first kappa shape index (κ1) is 16.4. The van der Waals surface area contributed by atoms with Crippen LogP contribution in [0.15, 0.2) is 36.5 Å². The molecule has 1 aromatic carbocycles. The van der Waals surface area contributed by atoms with Gasteiger partial charge in [-0.05, 0) is 36.5 Å². The Labute approximate surface area is 141 Å². The highest BCUT2D eigenvalue weighted by Crippen LogP contribution is 2.23. The van der Waals surface area contributed by atoms with E-state index in [1.54, 1.807) is 11.1 Å². The number of nitrogens with zero attached hydrogens (tertiary/aromatic N) is 2. The van der Waals surface area contributed by atoms with E-state index in [4.69, 9.17) is 0 Å². The molecule has 2 atom stereocenters. The fourth-order valence-corrected chi connectivity index (χ4v) is 3.51. The second-order valence-corrected chi connectivity index (χ2v) is 6.66. The molecule has 0 spiro atoms. The van der Waals surface area contributed by atoms with Crippen molar-refractivity contribution in [3.8, 4) is 0 Å². The van der Waals surface area contributed by atoms with Gasteiger partial charge in [-0.15, -0.1) is 0 Å². The monoisotopic (exact) mass is 326 g/mol. The number of aryl methyl sites for hydroxylation is 1. The van der Waals surface area contributed by atoms with Crippen LogP contribution >= 0.6 is 0 Å². The van der Waals surface area contributed by atoms with E-state index < -0.39 is 11.9 Å². The molecule has 1 aliphatic heterocycles. The Hall–Kier alpha value is -2.43. The molecular formula is C19H22N2O3. The highest BCUT2D eigenvalue weighted by atomic mass is 16.4. The Morgan fingerprint density at radius 2 is 2.04 bits per heavy atom. The zero-order valence-corrected chi connectivity index (χ0v) is 13.8. The molecule has 1 fully saturated rings. The van der Waals surface area contributed by atoms with Gasteiger partial charge >= 0.3 is 5.97 Å². The van der Waals surface area contributed by atoms with Crippen molar-refractivity contribution in [3.05, 3.63) is 42.1 Å². The number of fused-ring (bicyclic) bond motifs is 1. The number of rotatable bonds is 4. The normalized spacial score (nSPS) is 21.0. The van der Waals surface area contributed by atoms with Gasteiger partial charge in [-0.2, -0.15) is 0 Å². The van der Waals surface area contributed by atoms with Gasteiger partial charge in [-0.1, -0.05) is 25.1 Å². The lowest BCUT2D eigenvalue weighted by atomic mass is 9.90. The Bertz CT molecular complexity index is 754. The van der Waals surface area contributed by atoms with Crippen molar-refractivity contribution in [3.63, 3.8) is 0 Å². The van der Waals surface area contributed by atoms with E-state index in [9.17, 15) is 14.7 Å². The SMILES string of the molecule is CC1CC(C(=O)O)CN(C(=O)CCc2ccnc3ccccc23)C1. The van der Waals surface area contributed by atoms with Gasteiger partial charge in [0.25, 0.3) is 0 Å². The molecule has 1 amide bonds. The van der Waals surface area contributed by atoms with Crippen LogP contribution in [0.4, 0.5) is 0 Å². The number of pyridine rings is 1. The summed E-state index contributed by atoms with van der Waals surface area (Å²) in [5.74, 6) is -0.988. The van der Waals surface area contributed by atoms with Crippen molar-refractivity contribution in [2.24, 2.45) is 11.8 Å². The second-order valence-electron chi connectivity index (χ2n) is 6.66. The highest BCUT2D eigenvalue weighted by molar-refractivity contribution is 5.83. The van der Waals surface area contributed by atoms with E-state index in [-0.39, 0.29) is 11.8 Å². The van der Waals surface area contributed by atoms with E-state index >= 15 is 0 Å². The predicted octanol–water partition coefficient (Wildman–Crippen LogP) is 2.74. The van der Waals surface area contributed by atoms with Crippen LogP contribution in [0, 0.1) is 11.8 Å². The maximum Gasteiger partial charge on any atom is 0.308 e. The predicted molar refractivity (Wildman–Crippen MR) is 91.6 cm³/mol. The number of hydrogen-bond donors (Lipinski definition) is 1. The van der Waals surface area contributed by atoms with Crippen molar-refractivity contribution in [2.45, 2.75) is 26.2 Å². The number of para-hydroxylation sites is 1. The summed E-state index contributed by atoms with van der Waals surface area (Å²) in [4.78, 5) is 29.8. The Morgan fingerprint density at radius 3 is 2.83 bits per heavy atom. The maximum atomic E-state index is 12.5. The van der Waals surface area contributed by atoms with E-state index in [2.05, 4.69) is 4.98 Å². The molecular weight excluding hydrogens is 304 g/mol.